The first-order chi connectivity index (χ1) is 9.12. The van der Waals surface area contributed by atoms with Crippen LogP contribution < -0.4 is 10.5 Å². The minimum Gasteiger partial charge on any atom is -0.480 e. The van der Waals surface area contributed by atoms with Crippen molar-refractivity contribution in [1.29, 1.82) is 0 Å². The molecule has 8 heteroatoms. The zero-order valence-electron chi connectivity index (χ0n) is 11.5. The average Bonchev–Trinajstić information content (AvgIpc) is 2.68. The van der Waals surface area contributed by atoms with E-state index >= 15 is 0 Å². The Kier molecular flexibility index (Phi) is 4.72. The molecule has 1 aromatic heterocycles. The standard InChI is InChI=1S/C12H18N2O6/c1-12(2,3)9-6(4-7(13)11(17)18)10(14-20-9)19-5-8(15)16/h7H,4-5,13H2,1-3H3,(H,15,16)(H,17,18)/t7-/m0/s1. The summed E-state index contributed by atoms with van der Waals surface area (Å²) >= 11 is 0. The fourth-order valence-electron chi connectivity index (χ4n) is 1.61. The summed E-state index contributed by atoms with van der Waals surface area (Å²) in [5.74, 6) is -1.95. The van der Waals surface area contributed by atoms with Crippen LogP contribution in [0.15, 0.2) is 4.52 Å². The molecule has 1 heterocycles. The molecule has 1 rings (SSSR count). The number of rotatable bonds is 6. The van der Waals surface area contributed by atoms with Gasteiger partial charge in [-0.2, -0.15) is 0 Å². The van der Waals surface area contributed by atoms with Crippen molar-refractivity contribution in [1.82, 2.24) is 5.16 Å². The number of hydrogen-bond acceptors (Lipinski definition) is 6. The number of carboxylic acid groups (broad SMARTS) is 2. The second-order valence-corrected chi connectivity index (χ2v) is 5.38. The van der Waals surface area contributed by atoms with Crippen molar-refractivity contribution in [3.05, 3.63) is 11.3 Å². The Morgan fingerprint density at radius 1 is 1.40 bits per heavy atom. The average molecular weight is 286 g/mol. The number of aliphatic carboxylic acids is 2. The monoisotopic (exact) mass is 286 g/mol. The molecule has 112 valence electrons. The highest BCUT2D eigenvalue weighted by Crippen LogP contribution is 2.32. The maximum Gasteiger partial charge on any atom is 0.341 e. The molecule has 0 spiro atoms. The highest BCUT2D eigenvalue weighted by Gasteiger charge is 2.30. The summed E-state index contributed by atoms with van der Waals surface area (Å²) in [6.07, 6.45) is -0.0552. The smallest absolute Gasteiger partial charge is 0.341 e. The van der Waals surface area contributed by atoms with Gasteiger partial charge >= 0.3 is 11.9 Å². The zero-order valence-corrected chi connectivity index (χ0v) is 11.5. The summed E-state index contributed by atoms with van der Waals surface area (Å²) in [4.78, 5) is 21.4. The van der Waals surface area contributed by atoms with Crippen LogP contribution in [0.3, 0.4) is 0 Å². The van der Waals surface area contributed by atoms with Gasteiger partial charge in [0.2, 0.25) is 0 Å². The Bertz CT molecular complexity index is 503. The van der Waals surface area contributed by atoms with E-state index in [0.717, 1.165) is 0 Å². The van der Waals surface area contributed by atoms with E-state index in [1.54, 1.807) is 0 Å². The number of nitrogens with zero attached hydrogens (tertiary/aromatic N) is 1. The minimum absolute atomic E-state index is 0.0333. The third-order valence-electron chi connectivity index (χ3n) is 2.51. The van der Waals surface area contributed by atoms with Gasteiger partial charge in [0.05, 0.1) is 5.56 Å². The molecular formula is C12H18N2O6. The van der Waals surface area contributed by atoms with Gasteiger partial charge in [-0.1, -0.05) is 20.8 Å². The van der Waals surface area contributed by atoms with E-state index in [2.05, 4.69) is 5.16 Å². The second kappa shape index (κ2) is 5.91. The Morgan fingerprint density at radius 2 is 2.00 bits per heavy atom. The summed E-state index contributed by atoms with van der Waals surface area (Å²) in [6, 6.07) is -1.15. The van der Waals surface area contributed by atoms with Gasteiger partial charge in [0.25, 0.3) is 5.88 Å². The Morgan fingerprint density at radius 3 is 2.45 bits per heavy atom. The molecule has 4 N–H and O–H groups in total. The molecular weight excluding hydrogens is 268 g/mol. The lowest BCUT2D eigenvalue weighted by Crippen LogP contribution is -2.33. The van der Waals surface area contributed by atoms with Crippen molar-refractivity contribution in [2.45, 2.75) is 38.6 Å². The van der Waals surface area contributed by atoms with Gasteiger partial charge < -0.3 is 25.2 Å². The quantitative estimate of drug-likeness (QED) is 0.683. The first-order valence-corrected chi connectivity index (χ1v) is 5.95. The molecule has 1 atom stereocenters. The van der Waals surface area contributed by atoms with Gasteiger partial charge in [0.1, 0.15) is 11.8 Å². The molecule has 0 amide bonds. The zero-order chi connectivity index (χ0) is 15.5. The minimum atomic E-state index is -1.17. The summed E-state index contributed by atoms with van der Waals surface area (Å²) in [5, 5.41) is 21.1. The molecule has 0 aliphatic rings. The summed E-state index contributed by atoms with van der Waals surface area (Å²) in [5.41, 5.74) is 5.45. The Balaban J connectivity index is 3.09. The molecule has 0 aliphatic carbocycles. The molecule has 0 aliphatic heterocycles. The van der Waals surface area contributed by atoms with Crippen molar-refractivity contribution in [2.24, 2.45) is 5.73 Å². The van der Waals surface area contributed by atoms with Gasteiger partial charge in [-0.05, 0) is 5.16 Å². The van der Waals surface area contributed by atoms with Crippen molar-refractivity contribution in [3.8, 4) is 5.88 Å². The maximum absolute atomic E-state index is 10.9. The molecule has 1 aromatic rings. The van der Waals surface area contributed by atoms with E-state index in [1.165, 1.54) is 0 Å². The van der Waals surface area contributed by atoms with Crippen LogP contribution in [0.4, 0.5) is 0 Å². The van der Waals surface area contributed by atoms with Crippen molar-refractivity contribution < 1.29 is 29.1 Å². The lowest BCUT2D eigenvalue weighted by molar-refractivity contribution is -0.140. The second-order valence-electron chi connectivity index (χ2n) is 5.38. The topological polar surface area (TPSA) is 136 Å². The summed E-state index contributed by atoms with van der Waals surface area (Å²) in [7, 11) is 0. The molecule has 0 fully saturated rings. The largest absolute Gasteiger partial charge is 0.480 e. The molecule has 0 aromatic carbocycles. The van der Waals surface area contributed by atoms with E-state index in [-0.39, 0.29) is 12.3 Å². The molecule has 8 nitrogen and oxygen atoms in total. The van der Waals surface area contributed by atoms with Crippen LogP contribution in [0.25, 0.3) is 0 Å². The van der Waals surface area contributed by atoms with Gasteiger partial charge in [-0.25, -0.2) is 4.79 Å². The van der Waals surface area contributed by atoms with Crippen molar-refractivity contribution in [3.63, 3.8) is 0 Å². The fourth-order valence-corrected chi connectivity index (χ4v) is 1.61. The van der Waals surface area contributed by atoms with Crippen molar-refractivity contribution in [2.75, 3.05) is 6.61 Å². The Labute approximate surface area is 115 Å². The van der Waals surface area contributed by atoms with Gasteiger partial charge in [-0.3, -0.25) is 4.79 Å². The lowest BCUT2D eigenvalue weighted by atomic mass is 9.88. The van der Waals surface area contributed by atoms with Crippen LogP contribution in [0, 0.1) is 0 Å². The van der Waals surface area contributed by atoms with Crippen molar-refractivity contribution >= 4 is 11.9 Å². The highest BCUT2D eigenvalue weighted by atomic mass is 16.5. The number of carboxylic acids is 2. The lowest BCUT2D eigenvalue weighted by Gasteiger charge is -2.17. The number of nitrogens with two attached hydrogens (primary N) is 1. The molecule has 0 saturated carbocycles. The Hall–Kier alpha value is -2.09. The van der Waals surface area contributed by atoms with Crippen LogP contribution >= 0.6 is 0 Å². The number of hydrogen-bond donors (Lipinski definition) is 3. The molecule has 20 heavy (non-hydrogen) atoms. The van der Waals surface area contributed by atoms with Crippen LogP contribution in [0.1, 0.15) is 32.1 Å². The summed E-state index contributed by atoms with van der Waals surface area (Å²) in [6.45, 7) is 4.96. The van der Waals surface area contributed by atoms with E-state index in [0.29, 0.717) is 11.3 Å². The number of carbonyl (C=O) groups is 2. The van der Waals surface area contributed by atoms with Crippen LogP contribution in [0.2, 0.25) is 0 Å². The highest BCUT2D eigenvalue weighted by molar-refractivity contribution is 5.73. The van der Waals surface area contributed by atoms with Gasteiger partial charge in [0.15, 0.2) is 6.61 Å². The van der Waals surface area contributed by atoms with E-state index in [4.69, 9.17) is 25.2 Å². The normalized spacial score (nSPS) is 13.0. The molecule has 0 unspecified atom stereocenters. The maximum atomic E-state index is 10.9. The third kappa shape index (κ3) is 3.95. The molecule has 0 saturated heterocycles. The number of aromatic nitrogens is 1. The predicted molar refractivity (Wildman–Crippen MR) is 67.6 cm³/mol. The van der Waals surface area contributed by atoms with Crippen LogP contribution in [-0.2, 0) is 21.4 Å². The number of ether oxygens (including phenoxy) is 1. The van der Waals surface area contributed by atoms with Gasteiger partial charge in [-0.15, -0.1) is 0 Å². The summed E-state index contributed by atoms with van der Waals surface area (Å²) < 4.78 is 10.2. The van der Waals surface area contributed by atoms with Crippen LogP contribution in [-0.4, -0.2) is 40.0 Å². The van der Waals surface area contributed by atoms with E-state index in [9.17, 15) is 9.59 Å². The third-order valence-corrected chi connectivity index (χ3v) is 2.51. The first-order valence-electron chi connectivity index (χ1n) is 5.95. The van der Waals surface area contributed by atoms with Gasteiger partial charge in [0, 0.05) is 11.8 Å². The fraction of sp³-hybridized carbons (Fsp3) is 0.583. The van der Waals surface area contributed by atoms with Crippen LogP contribution in [0.5, 0.6) is 5.88 Å². The van der Waals surface area contributed by atoms with E-state index in [1.807, 2.05) is 20.8 Å². The molecule has 0 radical (unpaired) electrons. The SMILES string of the molecule is CC(C)(C)c1onc(OCC(=O)O)c1C[C@H](N)C(=O)O. The van der Waals surface area contributed by atoms with E-state index < -0.39 is 30.0 Å². The first kappa shape index (κ1) is 16.0. The molecule has 0 bridgehead atoms. The predicted octanol–water partition coefficient (Wildman–Crippen LogP) is 0.390.